The van der Waals surface area contributed by atoms with Crippen LogP contribution in [-0.4, -0.2) is 25.2 Å². The summed E-state index contributed by atoms with van der Waals surface area (Å²) in [5.41, 5.74) is 0.719. The summed E-state index contributed by atoms with van der Waals surface area (Å²) in [6.07, 6.45) is 2.10. The van der Waals surface area contributed by atoms with Crippen molar-refractivity contribution in [2.24, 2.45) is 0 Å². The van der Waals surface area contributed by atoms with Crippen LogP contribution in [0.25, 0.3) is 6.08 Å². The fourth-order valence-electron chi connectivity index (χ4n) is 1.25. The Morgan fingerprint density at radius 2 is 2.35 bits per heavy atom. The van der Waals surface area contributed by atoms with Gasteiger partial charge in [-0.3, -0.25) is 4.79 Å². The third kappa shape index (κ3) is 5.65. The zero-order chi connectivity index (χ0) is 12.7. The summed E-state index contributed by atoms with van der Waals surface area (Å²) in [7, 11) is 0. The summed E-state index contributed by atoms with van der Waals surface area (Å²) in [4.78, 5) is 12.8. The molecule has 0 atom stereocenters. The molecule has 1 N–H and O–H groups in total. The van der Waals surface area contributed by atoms with Gasteiger partial charge in [-0.05, 0) is 38.3 Å². The molecule has 1 aromatic heterocycles. The van der Waals surface area contributed by atoms with E-state index in [1.54, 1.807) is 11.3 Å². The molecule has 0 saturated carbocycles. The molecular formula is C13H19NO2S. The molecule has 0 fully saturated rings. The second-order valence-electron chi connectivity index (χ2n) is 4.02. The van der Waals surface area contributed by atoms with Crippen LogP contribution in [0.15, 0.2) is 23.1 Å². The van der Waals surface area contributed by atoms with Crippen LogP contribution in [0.1, 0.15) is 25.6 Å². The van der Waals surface area contributed by atoms with E-state index in [0.717, 1.165) is 10.5 Å². The number of thiophene rings is 1. The Hall–Kier alpha value is -1.13. The molecule has 1 rings (SSSR count). The standard InChI is InChI=1S/C13H19NO2S/c1-10(2)16-7-6-14-13(15)11(3)9-12-5-4-8-17-12/h4-5,8-10H,6-7H2,1-3H3,(H,14,15)/b11-9+. The number of rotatable bonds is 6. The van der Waals surface area contributed by atoms with E-state index in [9.17, 15) is 4.79 Å². The molecule has 0 aliphatic rings. The lowest BCUT2D eigenvalue weighted by molar-refractivity contribution is -0.117. The highest BCUT2D eigenvalue weighted by molar-refractivity contribution is 7.10. The SMILES string of the molecule is C/C(=C\c1cccs1)C(=O)NCCOC(C)C. The Bertz CT molecular complexity index is 369. The molecule has 0 unspecified atom stereocenters. The van der Waals surface area contributed by atoms with Crippen molar-refractivity contribution in [1.29, 1.82) is 0 Å². The van der Waals surface area contributed by atoms with Crippen LogP contribution >= 0.6 is 11.3 Å². The minimum Gasteiger partial charge on any atom is -0.377 e. The van der Waals surface area contributed by atoms with Crippen LogP contribution in [-0.2, 0) is 9.53 Å². The van der Waals surface area contributed by atoms with Crippen LogP contribution in [0.3, 0.4) is 0 Å². The van der Waals surface area contributed by atoms with Crippen molar-refractivity contribution in [1.82, 2.24) is 5.32 Å². The van der Waals surface area contributed by atoms with Gasteiger partial charge < -0.3 is 10.1 Å². The predicted octanol–water partition coefficient (Wildman–Crippen LogP) is 2.69. The molecular weight excluding hydrogens is 234 g/mol. The lowest BCUT2D eigenvalue weighted by Gasteiger charge is -2.08. The van der Waals surface area contributed by atoms with Crippen LogP contribution in [0.2, 0.25) is 0 Å². The molecule has 0 aliphatic heterocycles. The monoisotopic (exact) mass is 253 g/mol. The molecule has 1 aromatic rings. The number of ether oxygens (including phenoxy) is 1. The first kappa shape index (κ1) is 13.9. The Morgan fingerprint density at radius 3 is 2.94 bits per heavy atom. The summed E-state index contributed by atoms with van der Waals surface area (Å²) in [6, 6.07) is 3.96. The second kappa shape index (κ2) is 7.25. The van der Waals surface area contributed by atoms with Gasteiger partial charge in [-0.1, -0.05) is 6.07 Å². The molecule has 1 heterocycles. The van der Waals surface area contributed by atoms with E-state index in [1.165, 1.54) is 0 Å². The maximum Gasteiger partial charge on any atom is 0.247 e. The van der Waals surface area contributed by atoms with Gasteiger partial charge in [0.1, 0.15) is 0 Å². The van der Waals surface area contributed by atoms with E-state index in [4.69, 9.17) is 4.74 Å². The quantitative estimate of drug-likeness (QED) is 0.625. The minimum absolute atomic E-state index is 0.0363. The molecule has 1 amide bonds. The number of carbonyl (C=O) groups is 1. The number of nitrogens with one attached hydrogen (secondary N) is 1. The van der Waals surface area contributed by atoms with Crippen molar-refractivity contribution in [3.8, 4) is 0 Å². The van der Waals surface area contributed by atoms with Crippen LogP contribution in [0.5, 0.6) is 0 Å². The lowest BCUT2D eigenvalue weighted by atomic mass is 10.2. The van der Waals surface area contributed by atoms with Gasteiger partial charge in [0.2, 0.25) is 5.91 Å². The summed E-state index contributed by atoms with van der Waals surface area (Å²) in [5.74, 6) is -0.0363. The Balaban J connectivity index is 2.32. The first-order chi connectivity index (χ1) is 8.09. The minimum atomic E-state index is -0.0363. The topological polar surface area (TPSA) is 38.3 Å². The van der Waals surface area contributed by atoms with Gasteiger partial charge in [-0.25, -0.2) is 0 Å². The fourth-order valence-corrected chi connectivity index (χ4v) is 1.97. The molecule has 0 saturated heterocycles. The summed E-state index contributed by atoms with van der Waals surface area (Å²) in [5, 5.41) is 4.82. The molecule has 3 nitrogen and oxygen atoms in total. The normalized spacial score (nSPS) is 11.9. The van der Waals surface area contributed by atoms with Crippen molar-refractivity contribution < 1.29 is 9.53 Å². The average Bonchev–Trinajstić information content (AvgIpc) is 2.76. The summed E-state index contributed by atoms with van der Waals surface area (Å²) in [6.45, 7) is 6.87. The third-order valence-electron chi connectivity index (χ3n) is 2.10. The summed E-state index contributed by atoms with van der Waals surface area (Å²) >= 11 is 1.62. The number of hydrogen-bond acceptors (Lipinski definition) is 3. The Labute approximate surface area is 106 Å². The smallest absolute Gasteiger partial charge is 0.247 e. The van der Waals surface area contributed by atoms with Gasteiger partial charge in [0.15, 0.2) is 0 Å². The Morgan fingerprint density at radius 1 is 1.59 bits per heavy atom. The van der Waals surface area contributed by atoms with E-state index in [0.29, 0.717) is 13.2 Å². The van der Waals surface area contributed by atoms with Crippen molar-refractivity contribution in [2.75, 3.05) is 13.2 Å². The van der Waals surface area contributed by atoms with Crippen molar-refractivity contribution in [2.45, 2.75) is 26.9 Å². The predicted molar refractivity (Wildman–Crippen MR) is 72.1 cm³/mol. The molecule has 0 bridgehead atoms. The number of hydrogen-bond donors (Lipinski definition) is 1. The zero-order valence-corrected chi connectivity index (χ0v) is 11.3. The highest BCUT2D eigenvalue weighted by atomic mass is 32.1. The van der Waals surface area contributed by atoms with E-state index in [1.807, 2.05) is 44.4 Å². The molecule has 0 aromatic carbocycles. The molecule has 4 heteroatoms. The highest BCUT2D eigenvalue weighted by Gasteiger charge is 2.03. The third-order valence-corrected chi connectivity index (χ3v) is 2.92. The van der Waals surface area contributed by atoms with E-state index >= 15 is 0 Å². The molecule has 94 valence electrons. The first-order valence-corrected chi connectivity index (χ1v) is 6.59. The van der Waals surface area contributed by atoms with Gasteiger partial charge in [0, 0.05) is 17.0 Å². The largest absolute Gasteiger partial charge is 0.377 e. The van der Waals surface area contributed by atoms with Gasteiger partial charge in [-0.2, -0.15) is 0 Å². The van der Waals surface area contributed by atoms with Gasteiger partial charge >= 0.3 is 0 Å². The van der Waals surface area contributed by atoms with E-state index in [2.05, 4.69) is 5.32 Å². The van der Waals surface area contributed by atoms with Crippen LogP contribution < -0.4 is 5.32 Å². The maximum absolute atomic E-state index is 11.7. The Kier molecular flexibility index (Phi) is 5.94. The molecule has 0 radical (unpaired) electrons. The van der Waals surface area contributed by atoms with Crippen LogP contribution in [0.4, 0.5) is 0 Å². The molecule has 0 aliphatic carbocycles. The van der Waals surface area contributed by atoms with E-state index < -0.39 is 0 Å². The fraction of sp³-hybridized carbons (Fsp3) is 0.462. The van der Waals surface area contributed by atoms with Crippen molar-refractivity contribution in [3.05, 3.63) is 28.0 Å². The molecule has 0 spiro atoms. The van der Waals surface area contributed by atoms with E-state index in [-0.39, 0.29) is 12.0 Å². The van der Waals surface area contributed by atoms with Gasteiger partial charge in [0.05, 0.1) is 12.7 Å². The highest BCUT2D eigenvalue weighted by Crippen LogP contribution is 2.12. The van der Waals surface area contributed by atoms with Crippen molar-refractivity contribution >= 4 is 23.3 Å². The number of amides is 1. The van der Waals surface area contributed by atoms with Gasteiger partial charge in [-0.15, -0.1) is 11.3 Å². The second-order valence-corrected chi connectivity index (χ2v) is 5.00. The van der Waals surface area contributed by atoms with Gasteiger partial charge in [0.25, 0.3) is 0 Å². The van der Waals surface area contributed by atoms with Crippen LogP contribution in [0, 0.1) is 0 Å². The first-order valence-electron chi connectivity index (χ1n) is 5.71. The maximum atomic E-state index is 11.7. The summed E-state index contributed by atoms with van der Waals surface area (Å²) < 4.78 is 5.35. The average molecular weight is 253 g/mol. The van der Waals surface area contributed by atoms with Crippen molar-refractivity contribution in [3.63, 3.8) is 0 Å². The lowest BCUT2D eigenvalue weighted by Crippen LogP contribution is -2.28. The molecule has 17 heavy (non-hydrogen) atoms. The number of carbonyl (C=O) groups excluding carboxylic acids is 1. The zero-order valence-electron chi connectivity index (χ0n) is 10.5.